The molecule has 54 heavy (non-hydrogen) atoms. The molecule has 8 aliphatic rings. The van der Waals surface area contributed by atoms with E-state index in [1.165, 1.54) is 5.57 Å². The van der Waals surface area contributed by atoms with E-state index in [0.29, 0.717) is 38.2 Å². The number of hydrogen-bond acceptors (Lipinski definition) is 15. The molecular weight excluding hydrogens is 708 g/mol. The Balaban J connectivity index is 0.933. The lowest BCUT2D eigenvalue weighted by Gasteiger charge is -2.58. The highest BCUT2D eigenvalue weighted by Gasteiger charge is 2.72. The van der Waals surface area contributed by atoms with E-state index >= 15 is 0 Å². The molecule has 15 heteroatoms. The van der Waals surface area contributed by atoms with Gasteiger partial charge in [-0.25, -0.2) is 0 Å². The minimum atomic E-state index is -1.75. The predicted octanol–water partition coefficient (Wildman–Crippen LogP) is -0.488. The molecule has 4 heterocycles. The van der Waals surface area contributed by atoms with E-state index in [1.807, 2.05) is 0 Å². The second kappa shape index (κ2) is 14.3. The van der Waals surface area contributed by atoms with Crippen LogP contribution in [0.5, 0.6) is 0 Å². The number of allylic oxidation sites excluding steroid dienone is 1. The first-order valence-corrected chi connectivity index (χ1v) is 20.1. The number of ether oxygens (including phenoxy) is 6. The van der Waals surface area contributed by atoms with Crippen LogP contribution in [0.4, 0.5) is 0 Å². The molecule has 22 atom stereocenters. The summed E-state index contributed by atoms with van der Waals surface area (Å²) in [5.41, 5.74) is 0.415. The molecule has 0 aromatic carbocycles. The van der Waals surface area contributed by atoms with Crippen LogP contribution in [-0.4, -0.2) is 152 Å². The molecule has 0 aromatic heterocycles. The first kappa shape index (κ1) is 39.7. The number of Topliss-reactive ketones (excluding diaryl/α,β-unsaturated/α-hetero) is 1. The van der Waals surface area contributed by atoms with Gasteiger partial charge in [0, 0.05) is 23.7 Å². The summed E-state index contributed by atoms with van der Waals surface area (Å²) in [5, 5.41) is 83.9. The zero-order valence-electron chi connectivity index (χ0n) is 31.6. The molecule has 4 aliphatic heterocycles. The Morgan fingerprint density at radius 2 is 1.52 bits per heavy atom. The molecule has 0 radical (unpaired) electrons. The van der Waals surface area contributed by atoms with E-state index in [-0.39, 0.29) is 53.0 Å². The Labute approximate surface area is 315 Å². The Morgan fingerprint density at radius 3 is 2.22 bits per heavy atom. The summed E-state index contributed by atoms with van der Waals surface area (Å²) in [6, 6.07) is 0. The first-order valence-electron chi connectivity index (χ1n) is 20.1. The van der Waals surface area contributed by atoms with Crippen molar-refractivity contribution in [1.82, 2.24) is 0 Å². The smallest absolute Gasteiger partial charge is 0.197 e. The van der Waals surface area contributed by atoms with Crippen LogP contribution >= 0.6 is 0 Å². The van der Waals surface area contributed by atoms with Crippen LogP contribution in [0, 0.1) is 46.3 Å². The summed E-state index contributed by atoms with van der Waals surface area (Å²) >= 11 is 0. The Kier molecular flexibility index (Phi) is 10.5. The zero-order chi connectivity index (χ0) is 38.6. The monoisotopic (exact) mass is 768 g/mol. The lowest BCUT2D eigenvalue weighted by atomic mass is 9.46. The van der Waals surface area contributed by atoms with Crippen molar-refractivity contribution in [2.45, 2.75) is 158 Å². The summed E-state index contributed by atoms with van der Waals surface area (Å²) in [7, 11) is 0. The average Bonchev–Trinajstić information content (AvgIpc) is 3.61. The van der Waals surface area contributed by atoms with Gasteiger partial charge < -0.3 is 69.3 Å². The lowest BCUT2D eigenvalue weighted by molar-refractivity contribution is -0.363. The summed E-state index contributed by atoms with van der Waals surface area (Å²) in [6.07, 6.45) is -9.45. The highest BCUT2D eigenvalue weighted by Crippen LogP contribution is 2.69. The Morgan fingerprint density at radius 1 is 0.833 bits per heavy atom. The molecule has 0 amide bonds. The summed E-state index contributed by atoms with van der Waals surface area (Å²) < 4.78 is 36.3. The molecule has 15 nitrogen and oxygen atoms in total. The molecule has 3 saturated carbocycles. The van der Waals surface area contributed by atoms with Gasteiger partial charge in [-0.3, -0.25) is 4.79 Å². The summed E-state index contributed by atoms with van der Waals surface area (Å²) in [5.74, 6) is -0.0639. The number of aliphatic hydroxyl groups excluding tert-OH is 8. The van der Waals surface area contributed by atoms with Gasteiger partial charge in [0.1, 0.15) is 60.7 Å². The number of fused-ring (bicyclic) bond motifs is 7. The fraction of sp³-hybridized carbons (Fsp3) is 0.923. The quantitative estimate of drug-likeness (QED) is 0.159. The fourth-order valence-corrected chi connectivity index (χ4v) is 12.4. The maximum absolute atomic E-state index is 14.5. The molecule has 0 unspecified atom stereocenters. The van der Waals surface area contributed by atoms with Gasteiger partial charge in [-0.1, -0.05) is 39.3 Å². The largest absolute Gasteiger partial charge is 0.394 e. The summed E-state index contributed by atoms with van der Waals surface area (Å²) in [6.45, 7) is 7.78. The van der Waals surface area contributed by atoms with Gasteiger partial charge >= 0.3 is 0 Å². The minimum Gasteiger partial charge on any atom is -0.394 e. The normalized spacial score (nSPS) is 57.2. The Hall–Kier alpha value is -1.15. The average molecular weight is 769 g/mol. The van der Waals surface area contributed by atoms with E-state index < -0.39 is 91.9 Å². The first-order chi connectivity index (χ1) is 25.6. The number of carbonyl (C=O) groups is 1. The second-order valence-electron chi connectivity index (χ2n) is 18.3. The molecule has 0 bridgehead atoms. The fourth-order valence-electron chi connectivity index (χ4n) is 12.4. The van der Waals surface area contributed by atoms with E-state index in [1.54, 1.807) is 0 Å². The van der Waals surface area contributed by atoms with Crippen molar-refractivity contribution in [1.29, 1.82) is 0 Å². The third kappa shape index (κ3) is 5.86. The van der Waals surface area contributed by atoms with Gasteiger partial charge in [0.05, 0.1) is 32.0 Å². The number of hydrogen-bond donors (Lipinski definition) is 8. The molecular formula is C39H60O15. The lowest BCUT2D eigenvalue weighted by Crippen LogP contribution is -2.65. The highest BCUT2D eigenvalue weighted by atomic mass is 16.7. The van der Waals surface area contributed by atoms with Crippen molar-refractivity contribution in [3.63, 3.8) is 0 Å². The van der Waals surface area contributed by atoms with Crippen molar-refractivity contribution >= 4 is 5.78 Å². The maximum atomic E-state index is 14.5. The number of carbonyl (C=O) groups excluding carboxylic acids is 1. The zero-order valence-corrected chi connectivity index (χ0v) is 31.6. The van der Waals surface area contributed by atoms with Crippen LogP contribution in [0.25, 0.3) is 0 Å². The Bertz CT molecular complexity index is 1440. The molecule has 306 valence electrons. The number of aliphatic hydroxyl groups is 8. The molecule has 8 N–H and O–H groups in total. The van der Waals surface area contributed by atoms with Crippen molar-refractivity contribution in [2.75, 3.05) is 19.8 Å². The van der Waals surface area contributed by atoms with Crippen LogP contribution in [0.15, 0.2) is 11.6 Å². The van der Waals surface area contributed by atoms with Crippen LogP contribution in [-0.2, 0) is 33.2 Å². The topological polar surface area (TPSA) is 234 Å². The number of ketones is 1. The van der Waals surface area contributed by atoms with Gasteiger partial charge in [-0.2, -0.15) is 0 Å². The van der Waals surface area contributed by atoms with E-state index in [2.05, 4.69) is 33.8 Å². The van der Waals surface area contributed by atoms with Crippen LogP contribution in [0.2, 0.25) is 0 Å². The van der Waals surface area contributed by atoms with Crippen molar-refractivity contribution < 1.29 is 74.1 Å². The second-order valence-corrected chi connectivity index (χ2v) is 18.3. The van der Waals surface area contributed by atoms with Crippen LogP contribution in [0.1, 0.15) is 72.6 Å². The van der Waals surface area contributed by atoms with Crippen molar-refractivity contribution in [3.8, 4) is 0 Å². The van der Waals surface area contributed by atoms with Gasteiger partial charge in [0.25, 0.3) is 0 Å². The van der Waals surface area contributed by atoms with Gasteiger partial charge in [0.15, 0.2) is 18.4 Å². The minimum absolute atomic E-state index is 0.0245. The van der Waals surface area contributed by atoms with Gasteiger partial charge in [-0.05, 0) is 67.6 Å². The standard InChI is InChI=1S/C39H60O15/c1-16-9-27(43)39(49-15-16)17(2)28-23(54-39)11-22-20-6-5-18-10-19(7-8-37(18,3)21(20)12-26(42)38(22,28)4)50-35-33(48)31(46)34(25(14-41)52-35)53-36-32(47)30(45)29(44)24(13-40)51-36/h5,16-17,19-25,27-36,40-41,43-48H,6-15H2,1-4H3/t16-,17+,19+,20-,21+,22+,23+,24-,25-,27+,28+,29-,30+,31-,32-,33-,34+,35-,36+,37+,38-,39+/m1/s1. The third-order valence-corrected chi connectivity index (χ3v) is 15.5. The highest BCUT2D eigenvalue weighted by molar-refractivity contribution is 5.87. The number of rotatable bonds is 6. The van der Waals surface area contributed by atoms with Crippen LogP contribution < -0.4 is 0 Å². The molecule has 4 aliphatic carbocycles. The molecule has 8 rings (SSSR count). The van der Waals surface area contributed by atoms with Gasteiger partial charge in [0.2, 0.25) is 0 Å². The van der Waals surface area contributed by atoms with E-state index in [4.69, 9.17) is 28.4 Å². The maximum Gasteiger partial charge on any atom is 0.197 e. The van der Waals surface area contributed by atoms with Crippen LogP contribution in [0.3, 0.4) is 0 Å². The molecule has 0 aromatic rings. The van der Waals surface area contributed by atoms with Gasteiger partial charge in [-0.15, -0.1) is 0 Å². The SMILES string of the molecule is C[C@H]1CO[C@@]2(O[C@H]3C[C@H]4[C@@H]5CC=C6C[C@@H](O[C@@H]7O[C@H](CO)[C@H](O[C@@H]8O[C@H](CO)[C@@H](O)[C@H](O)[C@H]8O)[C@H](O)[C@H]7O)CC[C@]6(C)[C@H]5CC(=O)[C@]4(C)[C@H]3[C@@H]2C)[C@@H](O)C1. The predicted molar refractivity (Wildman–Crippen MR) is 185 cm³/mol. The molecule has 1 spiro atoms. The van der Waals surface area contributed by atoms with E-state index in [9.17, 15) is 45.6 Å². The third-order valence-electron chi connectivity index (χ3n) is 15.5. The molecule has 7 fully saturated rings. The summed E-state index contributed by atoms with van der Waals surface area (Å²) in [4.78, 5) is 14.5. The van der Waals surface area contributed by atoms with E-state index in [0.717, 1.165) is 19.3 Å². The van der Waals surface area contributed by atoms with Crippen molar-refractivity contribution in [3.05, 3.63) is 11.6 Å². The van der Waals surface area contributed by atoms with Crippen molar-refractivity contribution in [2.24, 2.45) is 46.3 Å². The molecule has 4 saturated heterocycles.